The standard InChI is InChI=1S/C20H21N3O4/c1-26-19-21-12-14(13-22-19)18(25)23-9-4-7-20(8-10-23)11-16(24)15-5-2-3-6-17(15)27-20/h2-3,5-6,12-13H,4,7-11H2,1H3. The molecule has 1 unspecified atom stereocenters. The first-order valence-corrected chi connectivity index (χ1v) is 9.07. The third-order valence-electron chi connectivity index (χ3n) is 5.24. The topological polar surface area (TPSA) is 81.6 Å². The molecule has 1 aromatic carbocycles. The molecule has 1 aromatic heterocycles. The normalized spacial score (nSPS) is 22.0. The molecule has 0 radical (unpaired) electrons. The van der Waals surface area contributed by atoms with E-state index in [4.69, 9.17) is 9.47 Å². The van der Waals surface area contributed by atoms with Crippen LogP contribution in [0.15, 0.2) is 36.7 Å². The van der Waals surface area contributed by atoms with Gasteiger partial charge in [-0.25, -0.2) is 9.97 Å². The first-order valence-electron chi connectivity index (χ1n) is 9.07. The number of ketones is 1. The number of fused-ring (bicyclic) bond motifs is 1. The summed E-state index contributed by atoms with van der Waals surface area (Å²) in [6.45, 7) is 1.14. The lowest BCUT2D eigenvalue weighted by molar-refractivity contribution is 0.0300. The second-order valence-corrected chi connectivity index (χ2v) is 6.99. The highest BCUT2D eigenvalue weighted by molar-refractivity contribution is 6.00. The Morgan fingerprint density at radius 3 is 2.74 bits per heavy atom. The maximum Gasteiger partial charge on any atom is 0.316 e. The lowest BCUT2D eigenvalue weighted by Crippen LogP contribution is -2.43. The summed E-state index contributed by atoms with van der Waals surface area (Å²) in [5.74, 6) is 0.648. The van der Waals surface area contributed by atoms with Crippen LogP contribution in [0.1, 0.15) is 46.4 Å². The Hall–Kier alpha value is -2.96. The minimum absolute atomic E-state index is 0.111. The highest BCUT2D eigenvalue weighted by atomic mass is 16.5. The van der Waals surface area contributed by atoms with Crippen LogP contribution in [0.25, 0.3) is 0 Å². The number of amides is 1. The molecule has 0 N–H and O–H groups in total. The van der Waals surface area contributed by atoms with E-state index in [9.17, 15) is 9.59 Å². The monoisotopic (exact) mass is 367 g/mol. The molecule has 1 fully saturated rings. The van der Waals surface area contributed by atoms with Crippen molar-refractivity contribution in [2.75, 3.05) is 20.2 Å². The van der Waals surface area contributed by atoms with Crippen LogP contribution in [-0.4, -0.2) is 52.4 Å². The molecule has 1 spiro atoms. The van der Waals surface area contributed by atoms with Crippen molar-refractivity contribution >= 4 is 11.7 Å². The summed E-state index contributed by atoms with van der Waals surface area (Å²) >= 11 is 0. The Morgan fingerprint density at radius 1 is 1.19 bits per heavy atom. The Kier molecular flexibility index (Phi) is 4.51. The van der Waals surface area contributed by atoms with Crippen LogP contribution in [0.4, 0.5) is 0 Å². The van der Waals surface area contributed by atoms with Crippen molar-refractivity contribution in [3.05, 3.63) is 47.8 Å². The number of aromatic nitrogens is 2. The van der Waals surface area contributed by atoms with Gasteiger partial charge < -0.3 is 14.4 Å². The van der Waals surface area contributed by atoms with Crippen molar-refractivity contribution in [3.63, 3.8) is 0 Å². The summed E-state index contributed by atoms with van der Waals surface area (Å²) in [7, 11) is 1.48. The van der Waals surface area contributed by atoms with E-state index in [-0.39, 0.29) is 17.7 Å². The lowest BCUT2D eigenvalue weighted by Gasteiger charge is -2.37. The quantitative estimate of drug-likeness (QED) is 0.811. The minimum atomic E-state index is -0.531. The van der Waals surface area contributed by atoms with Gasteiger partial charge in [0, 0.05) is 31.9 Å². The average molecular weight is 367 g/mol. The number of ether oxygens (including phenoxy) is 2. The van der Waals surface area contributed by atoms with Gasteiger partial charge in [-0.1, -0.05) is 12.1 Å². The first kappa shape index (κ1) is 17.5. The maximum atomic E-state index is 12.8. The molecule has 140 valence electrons. The molecule has 1 amide bonds. The fraction of sp³-hybridized carbons (Fsp3) is 0.400. The van der Waals surface area contributed by atoms with Crippen molar-refractivity contribution in [1.29, 1.82) is 0 Å². The predicted octanol–water partition coefficient (Wildman–Crippen LogP) is 2.52. The second-order valence-electron chi connectivity index (χ2n) is 6.99. The zero-order valence-corrected chi connectivity index (χ0v) is 15.2. The number of Topliss-reactive ketones (excluding diaryl/α,β-unsaturated/α-hetero) is 1. The highest BCUT2D eigenvalue weighted by Crippen LogP contribution is 2.39. The third-order valence-corrected chi connectivity index (χ3v) is 5.24. The number of carbonyl (C=O) groups is 2. The van der Waals surface area contributed by atoms with Crippen molar-refractivity contribution < 1.29 is 19.1 Å². The van der Waals surface area contributed by atoms with Crippen molar-refractivity contribution in [2.24, 2.45) is 0 Å². The van der Waals surface area contributed by atoms with E-state index >= 15 is 0 Å². The number of rotatable bonds is 2. The van der Waals surface area contributed by atoms with Gasteiger partial charge in [-0.05, 0) is 25.0 Å². The van der Waals surface area contributed by atoms with Crippen LogP contribution in [0.5, 0.6) is 11.8 Å². The van der Waals surface area contributed by atoms with Gasteiger partial charge in [0.1, 0.15) is 11.4 Å². The van der Waals surface area contributed by atoms with Gasteiger partial charge in [0.2, 0.25) is 0 Å². The van der Waals surface area contributed by atoms with Gasteiger partial charge in [-0.15, -0.1) is 0 Å². The van der Waals surface area contributed by atoms with Crippen LogP contribution < -0.4 is 9.47 Å². The number of likely N-dealkylation sites (tertiary alicyclic amines) is 1. The Morgan fingerprint density at radius 2 is 1.96 bits per heavy atom. The van der Waals surface area contributed by atoms with E-state index < -0.39 is 5.60 Å². The molecule has 27 heavy (non-hydrogen) atoms. The molecule has 0 saturated carbocycles. The van der Waals surface area contributed by atoms with Crippen LogP contribution >= 0.6 is 0 Å². The summed E-state index contributed by atoms with van der Waals surface area (Å²) in [5.41, 5.74) is 0.546. The molecule has 7 nitrogen and oxygen atoms in total. The summed E-state index contributed by atoms with van der Waals surface area (Å²) in [6, 6.07) is 7.61. The zero-order valence-electron chi connectivity index (χ0n) is 15.2. The minimum Gasteiger partial charge on any atom is -0.486 e. The summed E-state index contributed by atoms with van der Waals surface area (Å²) < 4.78 is 11.2. The SMILES string of the molecule is COc1ncc(C(=O)N2CCCC3(CC2)CC(=O)c2ccccc2O3)cn1. The number of methoxy groups -OCH3 is 1. The highest BCUT2D eigenvalue weighted by Gasteiger charge is 2.42. The van der Waals surface area contributed by atoms with Gasteiger partial charge in [0.25, 0.3) is 5.91 Å². The van der Waals surface area contributed by atoms with Gasteiger partial charge in [-0.2, -0.15) is 0 Å². The second kappa shape index (κ2) is 6.98. The van der Waals surface area contributed by atoms with Gasteiger partial charge in [0.05, 0.1) is 24.7 Å². The smallest absolute Gasteiger partial charge is 0.316 e. The van der Waals surface area contributed by atoms with E-state index in [1.807, 2.05) is 18.2 Å². The first-order chi connectivity index (χ1) is 13.1. The Balaban J connectivity index is 1.49. The molecule has 1 saturated heterocycles. The van der Waals surface area contributed by atoms with Gasteiger partial charge >= 0.3 is 6.01 Å². The van der Waals surface area contributed by atoms with Gasteiger partial charge in [0.15, 0.2) is 5.78 Å². The van der Waals surface area contributed by atoms with Crippen LogP contribution in [0.2, 0.25) is 0 Å². The Labute approximate surface area is 157 Å². The van der Waals surface area contributed by atoms with E-state index in [1.54, 1.807) is 11.0 Å². The van der Waals surface area contributed by atoms with E-state index in [0.717, 1.165) is 12.8 Å². The van der Waals surface area contributed by atoms with Crippen LogP contribution in [0, 0.1) is 0 Å². The molecule has 3 heterocycles. The predicted molar refractivity (Wildman–Crippen MR) is 97.1 cm³/mol. The fourth-order valence-electron chi connectivity index (χ4n) is 3.81. The van der Waals surface area contributed by atoms with E-state index in [0.29, 0.717) is 42.8 Å². The van der Waals surface area contributed by atoms with Crippen molar-refractivity contribution in [1.82, 2.24) is 14.9 Å². The lowest BCUT2D eigenvalue weighted by atomic mass is 9.84. The number of hydrogen-bond donors (Lipinski definition) is 0. The van der Waals surface area contributed by atoms with Gasteiger partial charge in [-0.3, -0.25) is 9.59 Å². The molecule has 2 aromatic rings. The molecule has 4 rings (SSSR count). The van der Waals surface area contributed by atoms with E-state index in [1.165, 1.54) is 19.5 Å². The largest absolute Gasteiger partial charge is 0.486 e. The molecular formula is C20H21N3O4. The molecule has 2 aliphatic rings. The number of para-hydroxylation sites is 1. The third kappa shape index (κ3) is 3.37. The van der Waals surface area contributed by atoms with E-state index in [2.05, 4.69) is 9.97 Å². The summed E-state index contributed by atoms with van der Waals surface area (Å²) in [6.07, 6.45) is 5.46. The number of hydrogen-bond acceptors (Lipinski definition) is 6. The number of carbonyl (C=O) groups excluding carboxylic acids is 2. The Bertz CT molecular complexity index is 868. The molecular weight excluding hydrogens is 346 g/mol. The molecule has 0 bridgehead atoms. The zero-order chi connectivity index (χ0) is 18.9. The molecule has 7 heteroatoms. The summed E-state index contributed by atoms with van der Waals surface area (Å²) in [5, 5.41) is 0. The summed E-state index contributed by atoms with van der Waals surface area (Å²) in [4.78, 5) is 35.2. The van der Waals surface area contributed by atoms with Crippen LogP contribution in [0.3, 0.4) is 0 Å². The number of nitrogens with zero attached hydrogens (tertiary/aromatic N) is 3. The molecule has 2 aliphatic heterocycles. The fourth-order valence-corrected chi connectivity index (χ4v) is 3.81. The van der Waals surface area contributed by atoms with Crippen LogP contribution in [-0.2, 0) is 0 Å². The number of benzene rings is 1. The average Bonchev–Trinajstić information content (AvgIpc) is 2.90. The maximum absolute atomic E-state index is 12.8. The molecule has 1 atom stereocenters. The van der Waals surface area contributed by atoms with Crippen molar-refractivity contribution in [3.8, 4) is 11.8 Å². The molecule has 0 aliphatic carbocycles. The van der Waals surface area contributed by atoms with Crippen molar-refractivity contribution in [2.45, 2.75) is 31.3 Å².